The van der Waals surface area contributed by atoms with Crippen molar-refractivity contribution >= 4 is 21.8 Å². The minimum atomic E-state index is -0.0902. The minimum Gasteiger partial charge on any atom is -0.507 e. The maximum atomic E-state index is 12.4. The third-order valence-electron chi connectivity index (χ3n) is 4.00. The topological polar surface area (TPSA) is 43.8 Å². The van der Waals surface area contributed by atoms with Gasteiger partial charge in [-0.3, -0.25) is 9.69 Å². The number of aromatic hydroxyl groups is 1. The first kappa shape index (κ1) is 15.3. The third kappa shape index (κ3) is 3.33. The zero-order valence-electron chi connectivity index (χ0n) is 12.0. The number of nitrogens with zero attached hydrogens (tertiary/aromatic N) is 2. The van der Waals surface area contributed by atoms with Gasteiger partial charge in [0, 0.05) is 36.7 Å². The third-order valence-corrected chi connectivity index (χ3v) is 4.50. The first-order valence-corrected chi connectivity index (χ1v) is 7.84. The second-order valence-corrected chi connectivity index (χ2v) is 6.16. The minimum absolute atomic E-state index is 0.0440. The number of carbonyl (C=O) groups excluding carboxylic acids is 1. The summed E-state index contributed by atoms with van der Waals surface area (Å²) < 4.78 is 0.803. The highest BCUT2D eigenvalue weighted by atomic mass is 79.9. The largest absolute Gasteiger partial charge is 0.507 e. The van der Waals surface area contributed by atoms with Crippen LogP contribution in [0.1, 0.15) is 30.6 Å². The highest BCUT2D eigenvalue weighted by Gasteiger charge is 2.25. The van der Waals surface area contributed by atoms with E-state index in [4.69, 9.17) is 0 Å². The molecule has 1 aliphatic heterocycles. The fourth-order valence-corrected chi connectivity index (χ4v) is 2.83. The molecule has 110 valence electrons. The first-order chi connectivity index (χ1) is 9.52. The molecule has 1 saturated heterocycles. The van der Waals surface area contributed by atoms with Crippen molar-refractivity contribution < 1.29 is 9.90 Å². The molecule has 1 atom stereocenters. The van der Waals surface area contributed by atoms with E-state index in [1.807, 2.05) is 4.90 Å². The molecule has 1 aromatic carbocycles. The van der Waals surface area contributed by atoms with Gasteiger partial charge in [0.15, 0.2) is 0 Å². The van der Waals surface area contributed by atoms with Gasteiger partial charge in [-0.2, -0.15) is 0 Å². The maximum Gasteiger partial charge on any atom is 0.257 e. The molecule has 0 spiro atoms. The van der Waals surface area contributed by atoms with Crippen LogP contribution < -0.4 is 0 Å². The Balaban J connectivity index is 2.03. The SMILES string of the molecule is CCC(C)N1CCN(C(=O)c2cc(Br)ccc2O)CC1. The van der Waals surface area contributed by atoms with Crippen LogP contribution in [0.4, 0.5) is 0 Å². The molecule has 1 unspecified atom stereocenters. The molecule has 20 heavy (non-hydrogen) atoms. The van der Waals surface area contributed by atoms with Crippen LogP contribution in [0.3, 0.4) is 0 Å². The fourth-order valence-electron chi connectivity index (χ4n) is 2.47. The standard InChI is InChI=1S/C15H21BrN2O2/c1-3-11(2)17-6-8-18(9-7-17)15(20)13-10-12(16)4-5-14(13)19/h4-5,10-11,19H,3,6-9H2,1-2H3. The maximum absolute atomic E-state index is 12.4. The lowest BCUT2D eigenvalue weighted by Gasteiger charge is -2.37. The van der Waals surface area contributed by atoms with Crippen LogP contribution in [-0.4, -0.2) is 53.0 Å². The molecule has 0 bridgehead atoms. The fraction of sp³-hybridized carbons (Fsp3) is 0.533. The predicted molar refractivity (Wildman–Crippen MR) is 83.0 cm³/mol. The Morgan fingerprint density at radius 3 is 2.60 bits per heavy atom. The van der Waals surface area contributed by atoms with Crippen LogP contribution in [0.25, 0.3) is 0 Å². The van der Waals surface area contributed by atoms with Crippen molar-refractivity contribution in [1.82, 2.24) is 9.80 Å². The van der Waals surface area contributed by atoms with Crippen molar-refractivity contribution in [1.29, 1.82) is 0 Å². The van der Waals surface area contributed by atoms with E-state index in [-0.39, 0.29) is 11.7 Å². The van der Waals surface area contributed by atoms with Crippen molar-refractivity contribution in [2.24, 2.45) is 0 Å². The van der Waals surface area contributed by atoms with E-state index in [0.29, 0.717) is 11.6 Å². The lowest BCUT2D eigenvalue weighted by atomic mass is 10.1. The Bertz CT molecular complexity index is 485. The monoisotopic (exact) mass is 340 g/mol. The van der Waals surface area contributed by atoms with Gasteiger partial charge in [0.2, 0.25) is 0 Å². The number of phenolic OH excluding ortho intramolecular Hbond substituents is 1. The Labute approximate surface area is 128 Å². The second-order valence-electron chi connectivity index (χ2n) is 5.25. The van der Waals surface area contributed by atoms with Gasteiger partial charge in [-0.25, -0.2) is 0 Å². The summed E-state index contributed by atoms with van der Waals surface area (Å²) in [6.45, 7) is 7.63. The van der Waals surface area contributed by atoms with Gasteiger partial charge in [0.05, 0.1) is 5.56 Å². The van der Waals surface area contributed by atoms with E-state index in [2.05, 4.69) is 34.7 Å². The molecule has 0 aromatic heterocycles. The number of halogens is 1. The van der Waals surface area contributed by atoms with Crippen LogP contribution in [0.15, 0.2) is 22.7 Å². The van der Waals surface area contributed by atoms with Crippen molar-refractivity contribution in [3.8, 4) is 5.75 Å². The zero-order chi connectivity index (χ0) is 14.7. The van der Waals surface area contributed by atoms with Gasteiger partial charge in [0.1, 0.15) is 5.75 Å². The summed E-state index contributed by atoms with van der Waals surface area (Å²) in [5, 5.41) is 9.84. The second kappa shape index (κ2) is 6.59. The number of piperazine rings is 1. The lowest BCUT2D eigenvalue weighted by Crippen LogP contribution is -2.51. The number of hydrogen-bond donors (Lipinski definition) is 1. The average Bonchev–Trinajstić information content (AvgIpc) is 2.48. The molecule has 5 heteroatoms. The van der Waals surface area contributed by atoms with Crippen LogP contribution in [-0.2, 0) is 0 Å². The summed E-state index contributed by atoms with van der Waals surface area (Å²) >= 11 is 3.34. The summed E-state index contributed by atoms with van der Waals surface area (Å²) in [5.74, 6) is -0.0462. The lowest BCUT2D eigenvalue weighted by molar-refractivity contribution is 0.0577. The number of benzene rings is 1. The van der Waals surface area contributed by atoms with E-state index < -0.39 is 0 Å². The van der Waals surface area contributed by atoms with E-state index >= 15 is 0 Å². The Morgan fingerprint density at radius 2 is 2.00 bits per heavy atom. The van der Waals surface area contributed by atoms with Crippen molar-refractivity contribution in [2.75, 3.05) is 26.2 Å². The van der Waals surface area contributed by atoms with E-state index in [0.717, 1.165) is 37.1 Å². The van der Waals surface area contributed by atoms with Gasteiger partial charge in [-0.05, 0) is 31.5 Å². The molecule has 2 rings (SSSR count). The molecule has 0 aliphatic carbocycles. The van der Waals surface area contributed by atoms with E-state index in [1.165, 1.54) is 0 Å². The molecule has 4 nitrogen and oxygen atoms in total. The Morgan fingerprint density at radius 1 is 1.35 bits per heavy atom. The zero-order valence-corrected chi connectivity index (χ0v) is 13.6. The predicted octanol–water partition coefficient (Wildman–Crippen LogP) is 2.71. The number of rotatable bonds is 3. The highest BCUT2D eigenvalue weighted by Crippen LogP contribution is 2.24. The van der Waals surface area contributed by atoms with Crippen molar-refractivity contribution in [3.05, 3.63) is 28.2 Å². The van der Waals surface area contributed by atoms with Gasteiger partial charge in [0.25, 0.3) is 5.91 Å². The molecular formula is C15H21BrN2O2. The summed E-state index contributed by atoms with van der Waals surface area (Å²) in [5.41, 5.74) is 0.372. The van der Waals surface area contributed by atoms with Crippen molar-refractivity contribution in [3.63, 3.8) is 0 Å². The number of phenols is 1. The van der Waals surface area contributed by atoms with Crippen molar-refractivity contribution in [2.45, 2.75) is 26.3 Å². The number of hydrogen-bond acceptors (Lipinski definition) is 3. The van der Waals surface area contributed by atoms with Crippen LogP contribution >= 0.6 is 15.9 Å². The summed E-state index contributed by atoms with van der Waals surface area (Å²) in [4.78, 5) is 16.7. The van der Waals surface area contributed by atoms with Gasteiger partial charge < -0.3 is 10.0 Å². The molecule has 0 radical (unpaired) electrons. The number of carbonyl (C=O) groups is 1. The molecular weight excluding hydrogens is 320 g/mol. The Hall–Kier alpha value is -1.07. The summed E-state index contributed by atoms with van der Waals surface area (Å²) in [7, 11) is 0. The Kier molecular flexibility index (Phi) is 5.05. The van der Waals surface area contributed by atoms with Crippen LogP contribution in [0.2, 0.25) is 0 Å². The van der Waals surface area contributed by atoms with Gasteiger partial charge in [-0.15, -0.1) is 0 Å². The number of amides is 1. The molecule has 1 fully saturated rings. The molecule has 1 N–H and O–H groups in total. The summed E-state index contributed by atoms with van der Waals surface area (Å²) in [6.07, 6.45) is 1.13. The van der Waals surface area contributed by atoms with Gasteiger partial charge >= 0.3 is 0 Å². The molecule has 1 amide bonds. The van der Waals surface area contributed by atoms with Crippen LogP contribution in [0, 0.1) is 0 Å². The normalized spacial score (nSPS) is 18.1. The first-order valence-electron chi connectivity index (χ1n) is 7.04. The molecule has 0 saturated carbocycles. The molecule has 1 aromatic rings. The average molecular weight is 341 g/mol. The van der Waals surface area contributed by atoms with E-state index in [1.54, 1.807) is 18.2 Å². The smallest absolute Gasteiger partial charge is 0.257 e. The molecule has 1 heterocycles. The van der Waals surface area contributed by atoms with Crippen LogP contribution in [0.5, 0.6) is 5.75 Å². The highest BCUT2D eigenvalue weighted by molar-refractivity contribution is 9.10. The molecule has 1 aliphatic rings. The van der Waals surface area contributed by atoms with Gasteiger partial charge in [-0.1, -0.05) is 22.9 Å². The summed E-state index contributed by atoms with van der Waals surface area (Å²) in [6, 6.07) is 5.52. The quantitative estimate of drug-likeness (QED) is 0.919. The van der Waals surface area contributed by atoms with E-state index in [9.17, 15) is 9.90 Å².